The maximum absolute atomic E-state index is 13.3. The van der Waals surface area contributed by atoms with Gasteiger partial charge in [0, 0.05) is 11.9 Å². The highest BCUT2D eigenvalue weighted by Gasteiger charge is 2.28. The van der Waals surface area contributed by atoms with Gasteiger partial charge in [-0.05, 0) is 30.7 Å². The molecular weight excluding hydrogens is 378 g/mol. The molecule has 0 amide bonds. The second-order valence-electron chi connectivity index (χ2n) is 6.53. The smallest absolute Gasteiger partial charge is 0.210 e. The normalized spacial score (nSPS) is 11.8. The van der Waals surface area contributed by atoms with Crippen LogP contribution in [-0.2, 0) is 16.4 Å². The first-order valence-electron chi connectivity index (χ1n) is 8.61. The summed E-state index contributed by atoms with van der Waals surface area (Å²) >= 11 is 6.65. The molecular formula is C22H18ClNO2S. The molecule has 0 fully saturated rings. The van der Waals surface area contributed by atoms with Crippen LogP contribution in [0.5, 0.6) is 0 Å². The molecule has 4 rings (SSSR count). The Kier molecular flexibility index (Phi) is 4.54. The molecule has 0 spiro atoms. The highest BCUT2D eigenvalue weighted by atomic mass is 35.5. The molecule has 3 nitrogen and oxygen atoms in total. The first kappa shape index (κ1) is 17.8. The van der Waals surface area contributed by atoms with Gasteiger partial charge in [0.05, 0.1) is 10.4 Å². The zero-order chi connectivity index (χ0) is 19.0. The zero-order valence-electron chi connectivity index (χ0n) is 14.8. The maximum atomic E-state index is 13.3. The van der Waals surface area contributed by atoms with E-state index in [2.05, 4.69) is 0 Å². The van der Waals surface area contributed by atoms with Crippen molar-refractivity contribution < 1.29 is 8.42 Å². The summed E-state index contributed by atoms with van der Waals surface area (Å²) in [4.78, 5) is 0.406. The predicted octanol–water partition coefficient (Wildman–Crippen LogP) is 5.48. The number of aryl methyl sites for hydroxylation is 1. The van der Waals surface area contributed by atoms with Gasteiger partial charge in [-0.2, -0.15) is 0 Å². The van der Waals surface area contributed by atoms with Crippen molar-refractivity contribution in [2.45, 2.75) is 23.3 Å². The summed E-state index contributed by atoms with van der Waals surface area (Å²) in [5.41, 5.74) is 3.04. The summed E-state index contributed by atoms with van der Waals surface area (Å²) in [6.45, 7) is 2.54. The van der Waals surface area contributed by atoms with Crippen LogP contribution in [0.15, 0.2) is 88.7 Å². The van der Waals surface area contributed by atoms with Crippen molar-refractivity contribution in [1.29, 1.82) is 0 Å². The van der Waals surface area contributed by atoms with Gasteiger partial charge in [-0.1, -0.05) is 77.8 Å². The quantitative estimate of drug-likeness (QED) is 0.458. The highest BCUT2D eigenvalue weighted by Crippen LogP contribution is 2.37. The number of benzene rings is 3. The molecule has 0 aliphatic carbocycles. The van der Waals surface area contributed by atoms with Crippen LogP contribution < -0.4 is 0 Å². The Morgan fingerprint density at radius 2 is 1.48 bits per heavy atom. The fraction of sp³-hybridized carbons (Fsp3) is 0.0909. The fourth-order valence-electron chi connectivity index (χ4n) is 3.24. The van der Waals surface area contributed by atoms with Crippen LogP contribution in [0.3, 0.4) is 0 Å². The van der Waals surface area contributed by atoms with E-state index in [1.54, 1.807) is 30.3 Å². The van der Waals surface area contributed by atoms with Gasteiger partial charge in [-0.3, -0.25) is 0 Å². The second kappa shape index (κ2) is 6.87. The molecule has 0 saturated carbocycles. The van der Waals surface area contributed by atoms with Gasteiger partial charge in [0.2, 0.25) is 9.84 Å². The number of fused-ring (bicyclic) bond motifs is 1. The van der Waals surface area contributed by atoms with Crippen LogP contribution in [0.1, 0.15) is 11.1 Å². The van der Waals surface area contributed by atoms with Crippen LogP contribution >= 0.6 is 11.6 Å². The van der Waals surface area contributed by atoms with Crippen molar-refractivity contribution in [2.24, 2.45) is 0 Å². The Bertz CT molecular complexity index is 1210. The van der Waals surface area contributed by atoms with Crippen LogP contribution in [-0.4, -0.2) is 13.0 Å². The van der Waals surface area contributed by atoms with Crippen LogP contribution in [0.4, 0.5) is 0 Å². The number of aromatic nitrogens is 1. The van der Waals surface area contributed by atoms with Crippen molar-refractivity contribution in [3.63, 3.8) is 0 Å². The minimum Gasteiger partial charge on any atom is -0.326 e. The van der Waals surface area contributed by atoms with E-state index in [0.717, 1.165) is 11.1 Å². The minimum absolute atomic E-state index is 0.165. The average Bonchev–Trinajstić information content (AvgIpc) is 2.96. The molecule has 1 aromatic heterocycles. The second-order valence-corrected chi connectivity index (χ2v) is 8.77. The molecule has 27 heavy (non-hydrogen) atoms. The predicted molar refractivity (Wildman–Crippen MR) is 109 cm³/mol. The number of para-hydroxylation sites is 1. The van der Waals surface area contributed by atoms with Gasteiger partial charge in [0.1, 0.15) is 10.0 Å². The van der Waals surface area contributed by atoms with Crippen molar-refractivity contribution in [2.75, 3.05) is 0 Å². The highest BCUT2D eigenvalue weighted by molar-refractivity contribution is 7.91. The number of nitrogens with zero attached hydrogens (tertiary/aromatic N) is 1. The average molecular weight is 396 g/mol. The number of hydrogen-bond acceptors (Lipinski definition) is 2. The maximum Gasteiger partial charge on any atom is 0.210 e. The fourth-order valence-corrected chi connectivity index (χ4v) is 5.35. The molecule has 0 unspecified atom stereocenters. The largest absolute Gasteiger partial charge is 0.326 e. The molecule has 136 valence electrons. The van der Waals surface area contributed by atoms with Crippen molar-refractivity contribution >= 4 is 32.3 Å². The van der Waals surface area contributed by atoms with Crippen LogP contribution in [0, 0.1) is 6.92 Å². The molecule has 0 N–H and O–H groups in total. The number of rotatable bonds is 4. The van der Waals surface area contributed by atoms with E-state index in [9.17, 15) is 8.42 Å². The van der Waals surface area contributed by atoms with E-state index in [4.69, 9.17) is 11.6 Å². The van der Waals surface area contributed by atoms with Gasteiger partial charge in [0.25, 0.3) is 0 Å². The third-order valence-corrected chi connectivity index (χ3v) is 7.00. The molecule has 0 radical (unpaired) electrons. The SMILES string of the molecule is Cc1ccc(Cn2c(Cl)c(S(=O)(=O)c3ccccc3)c3ccccc32)cc1. The minimum atomic E-state index is -3.73. The van der Waals surface area contributed by atoms with E-state index in [0.29, 0.717) is 11.9 Å². The molecule has 0 aliphatic heterocycles. The van der Waals surface area contributed by atoms with Crippen LogP contribution in [0.2, 0.25) is 5.15 Å². The summed E-state index contributed by atoms with van der Waals surface area (Å²) < 4.78 is 28.4. The van der Waals surface area contributed by atoms with Crippen LogP contribution in [0.25, 0.3) is 10.9 Å². The molecule has 1 heterocycles. The third-order valence-electron chi connectivity index (χ3n) is 4.65. The standard InChI is InChI=1S/C22H18ClNO2S/c1-16-11-13-17(14-12-16)15-24-20-10-6-5-9-19(20)21(22(24)23)27(25,26)18-7-3-2-4-8-18/h2-14H,15H2,1H3. The molecule has 0 aliphatic rings. The summed E-state index contributed by atoms with van der Waals surface area (Å²) in [7, 11) is -3.73. The van der Waals surface area contributed by atoms with Gasteiger partial charge in [-0.25, -0.2) is 8.42 Å². The molecule has 4 aromatic rings. The Morgan fingerprint density at radius 3 is 2.19 bits per heavy atom. The molecule has 0 bridgehead atoms. The number of sulfone groups is 1. The van der Waals surface area contributed by atoms with Crippen molar-refractivity contribution in [1.82, 2.24) is 4.57 Å². The van der Waals surface area contributed by atoms with Gasteiger partial charge in [-0.15, -0.1) is 0 Å². The van der Waals surface area contributed by atoms with E-state index >= 15 is 0 Å². The topological polar surface area (TPSA) is 39.1 Å². The van der Waals surface area contributed by atoms with E-state index in [1.807, 2.05) is 60.0 Å². The van der Waals surface area contributed by atoms with E-state index in [-0.39, 0.29) is 14.9 Å². The molecule has 5 heteroatoms. The Morgan fingerprint density at radius 1 is 0.852 bits per heavy atom. The first-order chi connectivity index (χ1) is 13.0. The van der Waals surface area contributed by atoms with Crippen molar-refractivity contribution in [3.05, 3.63) is 95.1 Å². The van der Waals surface area contributed by atoms with Crippen molar-refractivity contribution in [3.8, 4) is 0 Å². The first-order valence-corrected chi connectivity index (χ1v) is 10.5. The summed E-state index contributed by atoms with van der Waals surface area (Å²) in [6.07, 6.45) is 0. The lowest BCUT2D eigenvalue weighted by Crippen LogP contribution is -2.04. The number of halogens is 1. The molecule has 0 atom stereocenters. The van der Waals surface area contributed by atoms with Gasteiger partial charge >= 0.3 is 0 Å². The van der Waals surface area contributed by atoms with E-state index in [1.165, 1.54) is 5.56 Å². The summed E-state index contributed by atoms with van der Waals surface area (Å²) in [5.74, 6) is 0. The zero-order valence-corrected chi connectivity index (χ0v) is 16.3. The number of hydrogen-bond donors (Lipinski definition) is 0. The lowest BCUT2D eigenvalue weighted by Gasteiger charge is -2.08. The lowest BCUT2D eigenvalue weighted by atomic mass is 10.1. The Hall–Kier alpha value is -2.56. The lowest BCUT2D eigenvalue weighted by molar-refractivity contribution is 0.596. The Labute approximate surface area is 163 Å². The molecule has 3 aromatic carbocycles. The van der Waals surface area contributed by atoms with Gasteiger partial charge < -0.3 is 4.57 Å². The Balaban J connectivity index is 1.93. The van der Waals surface area contributed by atoms with E-state index < -0.39 is 9.84 Å². The monoisotopic (exact) mass is 395 g/mol. The summed E-state index contributed by atoms with van der Waals surface area (Å²) in [5, 5.41) is 0.874. The third kappa shape index (κ3) is 3.15. The van der Waals surface area contributed by atoms with Gasteiger partial charge in [0.15, 0.2) is 0 Å². The molecule has 0 saturated heterocycles. The summed E-state index contributed by atoms with van der Waals surface area (Å²) in [6, 6.07) is 24.0.